The fraction of sp³-hybridized carbons (Fsp3) is 0.217. The first-order valence-electron chi connectivity index (χ1n) is 10.1. The second-order valence-electron chi connectivity index (χ2n) is 7.61. The number of aryl methyl sites for hydroxylation is 1. The van der Waals surface area contributed by atoms with Gasteiger partial charge in [0.05, 0.1) is 11.3 Å². The highest BCUT2D eigenvalue weighted by atomic mass is 19.4. The third-order valence-corrected chi connectivity index (χ3v) is 5.23. The van der Waals surface area contributed by atoms with Crippen molar-refractivity contribution in [3.05, 3.63) is 81.8 Å². The van der Waals surface area contributed by atoms with Crippen LogP contribution >= 0.6 is 0 Å². The number of nitrogens with one attached hydrogen (secondary N) is 1. The van der Waals surface area contributed by atoms with Crippen LogP contribution in [0.25, 0.3) is 5.69 Å². The number of amides is 2. The van der Waals surface area contributed by atoms with Crippen molar-refractivity contribution < 1.29 is 22.8 Å². The largest absolute Gasteiger partial charge is 0.416 e. The van der Waals surface area contributed by atoms with Gasteiger partial charge in [0, 0.05) is 36.1 Å². The number of hydrogen-bond acceptors (Lipinski definition) is 4. The second-order valence-corrected chi connectivity index (χ2v) is 7.61. The lowest BCUT2D eigenvalue weighted by molar-refractivity contribution is -0.137. The molecule has 0 saturated carbocycles. The van der Waals surface area contributed by atoms with E-state index in [1.807, 2.05) is 0 Å². The van der Waals surface area contributed by atoms with Gasteiger partial charge >= 0.3 is 6.18 Å². The van der Waals surface area contributed by atoms with E-state index in [2.05, 4.69) is 10.4 Å². The summed E-state index contributed by atoms with van der Waals surface area (Å²) in [5, 5.41) is 6.61. The molecule has 1 N–H and O–H groups in total. The van der Waals surface area contributed by atoms with Gasteiger partial charge in [0.1, 0.15) is 0 Å². The molecule has 0 aliphatic carbocycles. The Morgan fingerprint density at radius 3 is 2.45 bits per heavy atom. The molecule has 0 radical (unpaired) electrons. The van der Waals surface area contributed by atoms with Gasteiger partial charge in [0.2, 0.25) is 11.3 Å². The van der Waals surface area contributed by atoms with Crippen molar-refractivity contribution in [1.82, 2.24) is 9.78 Å². The summed E-state index contributed by atoms with van der Waals surface area (Å²) in [4.78, 5) is 38.8. The maximum Gasteiger partial charge on any atom is 0.416 e. The number of nitrogens with zero attached hydrogens (tertiary/aromatic N) is 3. The van der Waals surface area contributed by atoms with Gasteiger partial charge in [-0.3, -0.25) is 14.4 Å². The molecule has 2 amide bonds. The zero-order valence-corrected chi connectivity index (χ0v) is 17.5. The summed E-state index contributed by atoms with van der Waals surface area (Å²) in [5.74, 6) is -0.826. The Kier molecular flexibility index (Phi) is 5.75. The standard InChI is InChI=1S/C23H19F3N4O3/c1-14-11-19(31)21(28-30(14)18-8-2-5-15(12-18)23(24,25)26)22(33)27-16-6-3-7-17(13-16)29-10-4-9-20(29)32/h2-3,5-8,11-13H,4,9-10H2,1H3,(H,27,33). The molecule has 0 spiro atoms. The predicted octanol–water partition coefficient (Wildman–Crippen LogP) is 3.94. The van der Waals surface area contributed by atoms with E-state index in [4.69, 9.17) is 0 Å². The highest BCUT2D eigenvalue weighted by molar-refractivity contribution is 6.03. The number of anilines is 2. The van der Waals surface area contributed by atoms with Crippen LogP contribution in [0.1, 0.15) is 34.6 Å². The Morgan fingerprint density at radius 1 is 1.03 bits per heavy atom. The minimum Gasteiger partial charge on any atom is -0.320 e. The topological polar surface area (TPSA) is 84.3 Å². The van der Waals surface area contributed by atoms with Crippen molar-refractivity contribution in [3.63, 3.8) is 0 Å². The lowest BCUT2D eigenvalue weighted by Crippen LogP contribution is -2.27. The van der Waals surface area contributed by atoms with E-state index in [0.717, 1.165) is 29.3 Å². The molecule has 3 aromatic rings. The molecule has 10 heteroatoms. The van der Waals surface area contributed by atoms with E-state index in [0.29, 0.717) is 24.3 Å². The molecule has 7 nitrogen and oxygen atoms in total. The molecule has 1 aliphatic heterocycles. The van der Waals surface area contributed by atoms with E-state index < -0.39 is 28.8 Å². The van der Waals surface area contributed by atoms with Crippen molar-refractivity contribution in [2.75, 3.05) is 16.8 Å². The Balaban J connectivity index is 1.65. The summed E-state index contributed by atoms with van der Waals surface area (Å²) in [6.07, 6.45) is -3.35. The van der Waals surface area contributed by atoms with Gasteiger partial charge in [-0.25, -0.2) is 4.68 Å². The van der Waals surface area contributed by atoms with Crippen LogP contribution in [0, 0.1) is 6.92 Å². The quantitative estimate of drug-likeness (QED) is 0.645. The summed E-state index contributed by atoms with van der Waals surface area (Å²) >= 11 is 0. The van der Waals surface area contributed by atoms with Gasteiger partial charge in [-0.15, -0.1) is 0 Å². The zero-order valence-electron chi connectivity index (χ0n) is 17.5. The summed E-state index contributed by atoms with van der Waals surface area (Å²) in [7, 11) is 0. The van der Waals surface area contributed by atoms with E-state index in [1.54, 1.807) is 29.2 Å². The number of carbonyl (C=O) groups is 2. The van der Waals surface area contributed by atoms with Crippen molar-refractivity contribution >= 4 is 23.2 Å². The van der Waals surface area contributed by atoms with Gasteiger partial charge < -0.3 is 10.2 Å². The van der Waals surface area contributed by atoms with E-state index in [1.165, 1.54) is 19.1 Å². The number of aromatic nitrogens is 2. The summed E-state index contributed by atoms with van der Waals surface area (Å²) in [6, 6.07) is 12.2. The van der Waals surface area contributed by atoms with Crippen LogP contribution in [0.5, 0.6) is 0 Å². The molecule has 0 unspecified atom stereocenters. The molecular weight excluding hydrogens is 437 g/mol. The van der Waals surface area contributed by atoms with Gasteiger partial charge in [0.15, 0.2) is 5.69 Å². The van der Waals surface area contributed by atoms with E-state index in [9.17, 15) is 27.6 Å². The lowest BCUT2D eigenvalue weighted by Gasteiger charge is -2.17. The SMILES string of the molecule is Cc1cc(=O)c(C(=O)Nc2cccc(N3CCCC3=O)c2)nn1-c1cccc(C(F)(F)F)c1. The van der Waals surface area contributed by atoms with Crippen LogP contribution in [-0.2, 0) is 11.0 Å². The lowest BCUT2D eigenvalue weighted by atomic mass is 10.2. The molecule has 1 aromatic heterocycles. The predicted molar refractivity (Wildman–Crippen MR) is 116 cm³/mol. The fourth-order valence-corrected chi connectivity index (χ4v) is 3.64. The fourth-order valence-electron chi connectivity index (χ4n) is 3.64. The first kappa shape index (κ1) is 22.3. The zero-order chi connectivity index (χ0) is 23.8. The normalized spacial score (nSPS) is 13.9. The van der Waals surface area contributed by atoms with Crippen LogP contribution in [0.3, 0.4) is 0 Å². The maximum atomic E-state index is 13.1. The molecule has 0 atom stereocenters. The molecule has 4 rings (SSSR count). The molecule has 33 heavy (non-hydrogen) atoms. The number of halogens is 3. The number of rotatable bonds is 4. The highest BCUT2D eigenvalue weighted by Crippen LogP contribution is 2.30. The van der Waals surface area contributed by atoms with Crippen molar-refractivity contribution in [1.29, 1.82) is 0 Å². The number of carbonyl (C=O) groups excluding carboxylic acids is 2. The summed E-state index contributed by atoms with van der Waals surface area (Å²) < 4.78 is 40.4. The maximum absolute atomic E-state index is 13.1. The van der Waals surface area contributed by atoms with Crippen molar-refractivity contribution in [2.24, 2.45) is 0 Å². The Bertz CT molecular complexity index is 1300. The Hall–Kier alpha value is -3.95. The molecule has 170 valence electrons. The average Bonchev–Trinajstić information content (AvgIpc) is 3.19. The molecule has 1 saturated heterocycles. The first-order valence-corrected chi connectivity index (χ1v) is 10.1. The molecule has 2 heterocycles. The first-order chi connectivity index (χ1) is 15.6. The molecule has 2 aromatic carbocycles. The number of hydrogen-bond donors (Lipinski definition) is 1. The summed E-state index contributed by atoms with van der Waals surface area (Å²) in [5.41, 5.74) is -0.714. The monoisotopic (exact) mass is 456 g/mol. The third-order valence-electron chi connectivity index (χ3n) is 5.23. The van der Waals surface area contributed by atoms with E-state index >= 15 is 0 Å². The number of alkyl halides is 3. The van der Waals surface area contributed by atoms with Crippen LogP contribution in [-0.4, -0.2) is 28.1 Å². The van der Waals surface area contributed by atoms with E-state index in [-0.39, 0.29) is 17.3 Å². The van der Waals surface area contributed by atoms with Gasteiger partial charge in [-0.1, -0.05) is 12.1 Å². The molecular formula is C23H19F3N4O3. The number of benzene rings is 2. The van der Waals surface area contributed by atoms with Crippen LogP contribution < -0.4 is 15.6 Å². The third kappa shape index (κ3) is 4.64. The van der Waals surface area contributed by atoms with Crippen molar-refractivity contribution in [3.8, 4) is 5.69 Å². The Morgan fingerprint density at radius 2 is 1.76 bits per heavy atom. The molecule has 1 aliphatic rings. The van der Waals surface area contributed by atoms with Crippen LogP contribution in [0.15, 0.2) is 59.4 Å². The van der Waals surface area contributed by atoms with Gasteiger partial charge in [-0.05, 0) is 49.7 Å². The van der Waals surface area contributed by atoms with Crippen molar-refractivity contribution in [2.45, 2.75) is 25.9 Å². The minimum atomic E-state index is -4.55. The molecule has 0 bridgehead atoms. The summed E-state index contributed by atoms with van der Waals surface area (Å²) in [6.45, 7) is 2.09. The second kappa shape index (κ2) is 8.53. The van der Waals surface area contributed by atoms with Crippen LogP contribution in [0.2, 0.25) is 0 Å². The van der Waals surface area contributed by atoms with Gasteiger partial charge in [-0.2, -0.15) is 18.3 Å². The molecule has 1 fully saturated rings. The average molecular weight is 456 g/mol. The smallest absolute Gasteiger partial charge is 0.320 e. The minimum absolute atomic E-state index is 0.0114. The van der Waals surface area contributed by atoms with Gasteiger partial charge in [0.25, 0.3) is 5.91 Å². The van der Waals surface area contributed by atoms with Crippen LogP contribution in [0.4, 0.5) is 24.5 Å². The Labute approximate surface area is 186 Å². The highest BCUT2D eigenvalue weighted by Gasteiger charge is 2.30.